The van der Waals surface area contributed by atoms with Gasteiger partial charge in [-0.05, 0) is 37.4 Å². The first-order chi connectivity index (χ1) is 9.69. The Bertz CT molecular complexity index is 451. The van der Waals surface area contributed by atoms with Gasteiger partial charge in [0.05, 0.1) is 18.8 Å². The molecule has 1 aromatic rings. The molecule has 1 heterocycles. The van der Waals surface area contributed by atoms with Crippen molar-refractivity contribution in [1.29, 1.82) is 0 Å². The molecule has 4 nitrogen and oxygen atoms in total. The Kier molecular flexibility index (Phi) is 5.49. The third kappa shape index (κ3) is 4.28. The van der Waals surface area contributed by atoms with Crippen LogP contribution in [0.4, 0.5) is 10.1 Å². The zero-order valence-corrected chi connectivity index (χ0v) is 11.8. The normalized spacial score (nSPS) is 19.8. The Balaban J connectivity index is 1.84. The molecule has 5 heteroatoms. The van der Waals surface area contributed by atoms with Crippen molar-refractivity contribution < 1.29 is 13.9 Å². The van der Waals surface area contributed by atoms with E-state index in [2.05, 4.69) is 10.2 Å². The summed E-state index contributed by atoms with van der Waals surface area (Å²) in [6, 6.07) is 6.21. The summed E-state index contributed by atoms with van der Waals surface area (Å²) in [6.07, 6.45) is 2.21. The third-order valence-corrected chi connectivity index (χ3v) is 3.52. The van der Waals surface area contributed by atoms with Crippen LogP contribution in [0.25, 0.3) is 0 Å². The van der Waals surface area contributed by atoms with Gasteiger partial charge < -0.3 is 10.1 Å². The Morgan fingerprint density at radius 1 is 1.50 bits per heavy atom. The number of piperidine rings is 1. The van der Waals surface area contributed by atoms with Gasteiger partial charge in [-0.3, -0.25) is 9.69 Å². The van der Waals surface area contributed by atoms with Crippen LogP contribution < -0.4 is 5.32 Å². The van der Waals surface area contributed by atoms with E-state index in [0.717, 1.165) is 32.5 Å². The molecule has 1 amide bonds. The first-order valence-electron chi connectivity index (χ1n) is 6.94. The number of para-hydroxylation sites is 1. The van der Waals surface area contributed by atoms with Crippen LogP contribution in [0.3, 0.4) is 0 Å². The molecule has 1 atom stereocenters. The minimum atomic E-state index is -0.406. The summed E-state index contributed by atoms with van der Waals surface area (Å²) in [5, 5.41) is 2.62. The molecule has 0 spiro atoms. The topological polar surface area (TPSA) is 41.6 Å². The van der Waals surface area contributed by atoms with Crippen molar-refractivity contribution in [2.75, 3.05) is 38.7 Å². The number of anilines is 1. The number of ether oxygens (including phenoxy) is 1. The molecule has 20 heavy (non-hydrogen) atoms. The average molecular weight is 280 g/mol. The Labute approximate surface area is 118 Å². The zero-order valence-electron chi connectivity index (χ0n) is 11.8. The van der Waals surface area contributed by atoms with Gasteiger partial charge >= 0.3 is 0 Å². The van der Waals surface area contributed by atoms with Crippen LogP contribution >= 0.6 is 0 Å². The predicted octanol–water partition coefficient (Wildman–Crippen LogP) is 2.12. The molecule has 1 N–H and O–H groups in total. The monoisotopic (exact) mass is 280 g/mol. The van der Waals surface area contributed by atoms with Crippen LogP contribution in [-0.2, 0) is 9.53 Å². The van der Waals surface area contributed by atoms with Gasteiger partial charge in [0, 0.05) is 13.7 Å². The number of benzene rings is 1. The SMILES string of the molecule is COCC1CCCN(CC(=O)Nc2ccccc2F)C1. The molecule has 0 radical (unpaired) electrons. The highest BCUT2D eigenvalue weighted by atomic mass is 19.1. The molecule has 0 aliphatic carbocycles. The van der Waals surface area contributed by atoms with Gasteiger partial charge in [0.1, 0.15) is 5.82 Å². The molecule has 1 aromatic carbocycles. The lowest BCUT2D eigenvalue weighted by molar-refractivity contribution is -0.117. The number of hydrogen-bond acceptors (Lipinski definition) is 3. The highest BCUT2D eigenvalue weighted by Gasteiger charge is 2.21. The van der Waals surface area contributed by atoms with E-state index in [0.29, 0.717) is 12.5 Å². The van der Waals surface area contributed by atoms with Crippen molar-refractivity contribution in [2.24, 2.45) is 5.92 Å². The lowest BCUT2D eigenvalue weighted by Crippen LogP contribution is -2.41. The van der Waals surface area contributed by atoms with Crippen molar-refractivity contribution in [3.63, 3.8) is 0 Å². The number of methoxy groups -OCH3 is 1. The van der Waals surface area contributed by atoms with Crippen molar-refractivity contribution in [3.05, 3.63) is 30.1 Å². The number of likely N-dealkylation sites (tertiary alicyclic amines) is 1. The van der Waals surface area contributed by atoms with E-state index in [4.69, 9.17) is 4.74 Å². The number of rotatable bonds is 5. The summed E-state index contributed by atoms with van der Waals surface area (Å²) in [6.45, 7) is 2.80. The maximum Gasteiger partial charge on any atom is 0.238 e. The summed E-state index contributed by atoms with van der Waals surface area (Å²) in [5.41, 5.74) is 0.239. The summed E-state index contributed by atoms with van der Waals surface area (Å²) >= 11 is 0. The summed E-state index contributed by atoms with van der Waals surface area (Å²) < 4.78 is 18.6. The molecule has 0 aromatic heterocycles. The number of carbonyl (C=O) groups is 1. The quantitative estimate of drug-likeness (QED) is 0.898. The van der Waals surface area contributed by atoms with Crippen molar-refractivity contribution in [2.45, 2.75) is 12.8 Å². The summed E-state index contributed by atoms with van der Waals surface area (Å²) in [4.78, 5) is 14.0. The van der Waals surface area contributed by atoms with Gasteiger partial charge in [-0.15, -0.1) is 0 Å². The zero-order chi connectivity index (χ0) is 14.4. The fourth-order valence-electron chi connectivity index (χ4n) is 2.62. The van der Waals surface area contributed by atoms with E-state index in [9.17, 15) is 9.18 Å². The molecule has 1 fully saturated rings. The molecule has 0 bridgehead atoms. The number of carbonyl (C=O) groups excluding carboxylic acids is 1. The van der Waals surface area contributed by atoms with Crippen LogP contribution in [0.2, 0.25) is 0 Å². The van der Waals surface area contributed by atoms with Gasteiger partial charge in [0.15, 0.2) is 0 Å². The van der Waals surface area contributed by atoms with Crippen LogP contribution in [0.15, 0.2) is 24.3 Å². The molecular weight excluding hydrogens is 259 g/mol. The van der Waals surface area contributed by atoms with Gasteiger partial charge in [0.25, 0.3) is 0 Å². The fourth-order valence-corrected chi connectivity index (χ4v) is 2.62. The number of nitrogens with one attached hydrogen (secondary N) is 1. The Morgan fingerprint density at radius 2 is 2.30 bits per heavy atom. The lowest BCUT2D eigenvalue weighted by Gasteiger charge is -2.31. The highest BCUT2D eigenvalue weighted by Crippen LogP contribution is 2.17. The second kappa shape index (κ2) is 7.36. The van der Waals surface area contributed by atoms with Gasteiger partial charge in [0.2, 0.25) is 5.91 Å². The molecule has 110 valence electrons. The standard InChI is InChI=1S/C15H21FN2O2/c1-20-11-12-5-4-8-18(9-12)10-15(19)17-14-7-3-2-6-13(14)16/h2-3,6-7,12H,4-5,8-11H2,1H3,(H,17,19). The minimum Gasteiger partial charge on any atom is -0.384 e. The maximum absolute atomic E-state index is 13.4. The number of amides is 1. The fraction of sp³-hybridized carbons (Fsp3) is 0.533. The molecule has 1 aliphatic heterocycles. The van der Waals surface area contributed by atoms with Crippen molar-refractivity contribution in [3.8, 4) is 0 Å². The van der Waals surface area contributed by atoms with E-state index in [1.165, 1.54) is 6.07 Å². The average Bonchev–Trinajstić information content (AvgIpc) is 2.42. The van der Waals surface area contributed by atoms with Crippen LogP contribution in [-0.4, -0.2) is 44.2 Å². The van der Waals surface area contributed by atoms with Crippen molar-refractivity contribution >= 4 is 11.6 Å². The molecule has 1 unspecified atom stereocenters. The van der Waals surface area contributed by atoms with E-state index in [1.807, 2.05) is 0 Å². The Morgan fingerprint density at radius 3 is 3.05 bits per heavy atom. The van der Waals surface area contributed by atoms with E-state index >= 15 is 0 Å². The van der Waals surface area contributed by atoms with Crippen LogP contribution in [0.5, 0.6) is 0 Å². The first kappa shape index (κ1) is 14.9. The second-order valence-electron chi connectivity index (χ2n) is 5.23. The summed E-state index contributed by atoms with van der Waals surface area (Å²) in [7, 11) is 1.70. The predicted molar refractivity (Wildman–Crippen MR) is 76.1 cm³/mol. The molecule has 1 saturated heterocycles. The van der Waals surface area contributed by atoms with Gasteiger partial charge in [-0.25, -0.2) is 4.39 Å². The number of nitrogens with zero attached hydrogens (tertiary/aromatic N) is 1. The second-order valence-corrected chi connectivity index (χ2v) is 5.23. The van der Waals surface area contributed by atoms with Crippen LogP contribution in [0, 0.1) is 11.7 Å². The lowest BCUT2D eigenvalue weighted by atomic mass is 9.99. The molecular formula is C15H21FN2O2. The van der Waals surface area contributed by atoms with E-state index in [-0.39, 0.29) is 11.6 Å². The highest BCUT2D eigenvalue weighted by molar-refractivity contribution is 5.92. The maximum atomic E-state index is 13.4. The molecule has 0 saturated carbocycles. The third-order valence-electron chi connectivity index (χ3n) is 3.52. The number of halogens is 1. The van der Waals surface area contributed by atoms with Crippen molar-refractivity contribution in [1.82, 2.24) is 4.90 Å². The van der Waals surface area contributed by atoms with E-state index < -0.39 is 5.82 Å². The first-order valence-corrected chi connectivity index (χ1v) is 6.94. The van der Waals surface area contributed by atoms with E-state index in [1.54, 1.807) is 25.3 Å². The molecule has 2 rings (SSSR count). The largest absolute Gasteiger partial charge is 0.384 e. The van der Waals surface area contributed by atoms with Gasteiger partial charge in [-0.2, -0.15) is 0 Å². The molecule has 1 aliphatic rings. The summed E-state index contributed by atoms with van der Waals surface area (Å²) in [5.74, 6) is -0.0973. The minimum absolute atomic E-state index is 0.173. The van der Waals surface area contributed by atoms with Gasteiger partial charge in [-0.1, -0.05) is 12.1 Å². The smallest absolute Gasteiger partial charge is 0.238 e. The number of hydrogen-bond donors (Lipinski definition) is 1. The Hall–Kier alpha value is -1.46. The van der Waals surface area contributed by atoms with Crippen LogP contribution in [0.1, 0.15) is 12.8 Å².